The van der Waals surface area contributed by atoms with Crippen molar-refractivity contribution >= 4 is 17.4 Å². The van der Waals surface area contributed by atoms with Crippen LogP contribution in [0.4, 0.5) is 16.2 Å². The smallest absolute Gasteiger partial charge is 0.317 e. The summed E-state index contributed by atoms with van der Waals surface area (Å²) < 4.78 is 5.49. The third-order valence-corrected chi connectivity index (χ3v) is 5.31. The first-order valence-corrected chi connectivity index (χ1v) is 9.89. The Labute approximate surface area is 165 Å². The van der Waals surface area contributed by atoms with Crippen molar-refractivity contribution < 1.29 is 9.53 Å². The maximum Gasteiger partial charge on any atom is 0.317 e. The van der Waals surface area contributed by atoms with Crippen molar-refractivity contribution in [3.05, 3.63) is 54.4 Å². The molecule has 0 aliphatic carbocycles. The first kappa shape index (κ1) is 18.6. The molecule has 7 heteroatoms. The molecule has 7 nitrogen and oxygen atoms in total. The largest absolute Gasteiger partial charge is 0.378 e. The van der Waals surface area contributed by atoms with Crippen LogP contribution in [0.15, 0.2) is 48.8 Å². The third-order valence-electron chi connectivity index (χ3n) is 5.31. The summed E-state index contributed by atoms with van der Waals surface area (Å²) in [6.45, 7) is 7.02. The van der Waals surface area contributed by atoms with Crippen LogP contribution in [0.5, 0.6) is 0 Å². The second kappa shape index (κ2) is 8.93. The number of morpholine rings is 1. The minimum Gasteiger partial charge on any atom is -0.378 e. The Morgan fingerprint density at radius 2 is 1.61 bits per heavy atom. The molecule has 0 spiro atoms. The van der Waals surface area contributed by atoms with E-state index in [0.717, 1.165) is 58.0 Å². The van der Waals surface area contributed by atoms with Crippen LogP contribution in [0.25, 0.3) is 0 Å². The molecular weight excluding hydrogens is 354 g/mol. The number of aromatic nitrogens is 1. The van der Waals surface area contributed by atoms with Gasteiger partial charge in [0.25, 0.3) is 0 Å². The van der Waals surface area contributed by atoms with Crippen LogP contribution in [0.1, 0.15) is 5.56 Å². The lowest BCUT2D eigenvalue weighted by Crippen LogP contribution is -2.52. The number of benzene rings is 1. The zero-order valence-electron chi connectivity index (χ0n) is 16.1. The van der Waals surface area contributed by atoms with Gasteiger partial charge >= 0.3 is 6.03 Å². The van der Waals surface area contributed by atoms with Gasteiger partial charge in [-0.3, -0.25) is 4.98 Å². The molecular formula is C21H27N5O2. The van der Waals surface area contributed by atoms with Gasteiger partial charge < -0.3 is 24.8 Å². The monoisotopic (exact) mass is 381 g/mol. The molecule has 2 saturated heterocycles. The molecule has 1 aromatic carbocycles. The number of urea groups is 1. The molecule has 0 atom stereocenters. The molecule has 2 amide bonds. The van der Waals surface area contributed by atoms with Crippen LogP contribution in [-0.2, 0) is 11.3 Å². The molecule has 3 heterocycles. The number of nitrogens with one attached hydrogen (secondary N) is 1. The Morgan fingerprint density at radius 3 is 2.25 bits per heavy atom. The van der Waals surface area contributed by atoms with Gasteiger partial charge in [-0.2, -0.15) is 0 Å². The summed E-state index contributed by atoms with van der Waals surface area (Å²) in [5.74, 6) is 0. The third kappa shape index (κ3) is 4.36. The molecule has 0 radical (unpaired) electrons. The van der Waals surface area contributed by atoms with Crippen LogP contribution in [0.3, 0.4) is 0 Å². The molecule has 2 aromatic rings. The van der Waals surface area contributed by atoms with E-state index >= 15 is 0 Å². The van der Waals surface area contributed by atoms with Gasteiger partial charge in [-0.15, -0.1) is 0 Å². The summed E-state index contributed by atoms with van der Waals surface area (Å²) in [6, 6.07) is 12.4. The van der Waals surface area contributed by atoms with Crippen molar-refractivity contribution in [2.45, 2.75) is 6.54 Å². The maximum atomic E-state index is 12.5. The number of anilines is 2. The molecule has 4 rings (SSSR count). The summed E-state index contributed by atoms with van der Waals surface area (Å²) in [4.78, 5) is 23.2. The SMILES string of the molecule is O=C(NCc1cccnc1)N1CCN(c2ccccc2N2CCOCC2)CC1. The molecule has 0 unspecified atom stereocenters. The summed E-state index contributed by atoms with van der Waals surface area (Å²) in [5, 5.41) is 2.99. The van der Waals surface area contributed by atoms with Gasteiger partial charge in [0, 0.05) is 58.2 Å². The van der Waals surface area contributed by atoms with E-state index in [9.17, 15) is 4.79 Å². The summed E-state index contributed by atoms with van der Waals surface area (Å²) in [7, 11) is 0. The Balaban J connectivity index is 1.33. The predicted molar refractivity (Wildman–Crippen MR) is 110 cm³/mol. The number of carbonyl (C=O) groups excluding carboxylic acids is 1. The Hall–Kier alpha value is -2.80. The van der Waals surface area contributed by atoms with E-state index in [1.54, 1.807) is 12.4 Å². The standard InChI is InChI=1S/C21H27N5O2/c27-21(23-17-18-4-3-7-22-16-18)26-10-8-24(9-11-26)19-5-1-2-6-20(19)25-12-14-28-15-13-25/h1-7,16H,8-15,17H2,(H,23,27). The van der Waals surface area contributed by atoms with E-state index in [-0.39, 0.29) is 6.03 Å². The number of nitrogens with zero attached hydrogens (tertiary/aromatic N) is 4. The highest BCUT2D eigenvalue weighted by atomic mass is 16.5. The predicted octanol–water partition coefficient (Wildman–Crippen LogP) is 1.95. The van der Waals surface area contributed by atoms with E-state index in [2.05, 4.69) is 44.4 Å². The number of rotatable bonds is 4. The maximum absolute atomic E-state index is 12.5. The minimum absolute atomic E-state index is 0.00929. The Bertz CT molecular complexity index is 771. The fourth-order valence-corrected chi connectivity index (χ4v) is 3.75. The van der Waals surface area contributed by atoms with Gasteiger partial charge in [-0.25, -0.2) is 4.79 Å². The van der Waals surface area contributed by atoms with Gasteiger partial charge in [0.05, 0.1) is 24.6 Å². The van der Waals surface area contributed by atoms with Crippen molar-refractivity contribution in [1.29, 1.82) is 0 Å². The lowest BCUT2D eigenvalue weighted by Gasteiger charge is -2.39. The fourth-order valence-electron chi connectivity index (χ4n) is 3.75. The van der Waals surface area contributed by atoms with Gasteiger partial charge in [0.2, 0.25) is 0 Å². The molecule has 1 aromatic heterocycles. The average Bonchev–Trinajstić information content (AvgIpc) is 2.79. The number of ether oxygens (including phenoxy) is 1. The number of carbonyl (C=O) groups is 1. The van der Waals surface area contributed by atoms with E-state index < -0.39 is 0 Å². The molecule has 28 heavy (non-hydrogen) atoms. The van der Waals surface area contributed by atoms with Gasteiger partial charge in [0.15, 0.2) is 0 Å². The van der Waals surface area contributed by atoms with Crippen LogP contribution in [0.2, 0.25) is 0 Å². The number of pyridine rings is 1. The number of para-hydroxylation sites is 2. The molecule has 0 bridgehead atoms. The highest BCUT2D eigenvalue weighted by molar-refractivity contribution is 5.75. The molecule has 148 valence electrons. The van der Waals surface area contributed by atoms with Crippen molar-refractivity contribution in [2.24, 2.45) is 0 Å². The quantitative estimate of drug-likeness (QED) is 0.877. The summed E-state index contributed by atoms with van der Waals surface area (Å²) in [6.07, 6.45) is 3.51. The average molecular weight is 381 g/mol. The van der Waals surface area contributed by atoms with Crippen molar-refractivity contribution in [3.8, 4) is 0 Å². The normalized spacial score (nSPS) is 17.5. The van der Waals surface area contributed by atoms with Crippen molar-refractivity contribution in [2.75, 3.05) is 62.3 Å². The van der Waals surface area contributed by atoms with Crippen LogP contribution in [-0.4, -0.2) is 68.4 Å². The van der Waals surface area contributed by atoms with Crippen LogP contribution in [0, 0.1) is 0 Å². The summed E-state index contributed by atoms with van der Waals surface area (Å²) in [5.41, 5.74) is 3.52. The number of hydrogen-bond acceptors (Lipinski definition) is 5. The van der Waals surface area contributed by atoms with E-state index in [1.807, 2.05) is 17.0 Å². The van der Waals surface area contributed by atoms with Gasteiger partial charge in [0.1, 0.15) is 0 Å². The molecule has 2 aliphatic heterocycles. The van der Waals surface area contributed by atoms with Crippen LogP contribution >= 0.6 is 0 Å². The van der Waals surface area contributed by atoms with Crippen LogP contribution < -0.4 is 15.1 Å². The van der Waals surface area contributed by atoms with Gasteiger partial charge in [-0.1, -0.05) is 18.2 Å². The zero-order valence-corrected chi connectivity index (χ0v) is 16.1. The highest BCUT2D eigenvalue weighted by Gasteiger charge is 2.24. The lowest BCUT2D eigenvalue weighted by atomic mass is 10.2. The highest BCUT2D eigenvalue weighted by Crippen LogP contribution is 2.30. The van der Waals surface area contributed by atoms with E-state index in [4.69, 9.17) is 4.74 Å². The molecule has 2 aliphatic rings. The number of piperazine rings is 1. The topological polar surface area (TPSA) is 60.9 Å². The van der Waals surface area contributed by atoms with E-state index in [1.165, 1.54) is 11.4 Å². The molecule has 1 N–H and O–H groups in total. The van der Waals surface area contributed by atoms with Crippen molar-refractivity contribution in [3.63, 3.8) is 0 Å². The molecule has 0 saturated carbocycles. The first-order chi connectivity index (χ1) is 13.8. The fraction of sp³-hybridized carbons (Fsp3) is 0.429. The second-order valence-electron chi connectivity index (χ2n) is 7.08. The van der Waals surface area contributed by atoms with Crippen molar-refractivity contribution in [1.82, 2.24) is 15.2 Å². The minimum atomic E-state index is -0.00929. The van der Waals surface area contributed by atoms with E-state index in [0.29, 0.717) is 6.54 Å². The molecule has 2 fully saturated rings. The summed E-state index contributed by atoms with van der Waals surface area (Å²) >= 11 is 0. The first-order valence-electron chi connectivity index (χ1n) is 9.89. The lowest BCUT2D eigenvalue weighted by molar-refractivity contribution is 0.122. The van der Waals surface area contributed by atoms with Gasteiger partial charge in [-0.05, 0) is 23.8 Å². The second-order valence-corrected chi connectivity index (χ2v) is 7.08. The number of amides is 2. The Kier molecular flexibility index (Phi) is 5.92. The number of hydrogen-bond donors (Lipinski definition) is 1. The zero-order chi connectivity index (χ0) is 19.2. The Morgan fingerprint density at radius 1 is 0.929 bits per heavy atom.